The summed E-state index contributed by atoms with van der Waals surface area (Å²) in [5.41, 5.74) is 0.837. The minimum absolute atomic E-state index is 0.295. The van der Waals surface area contributed by atoms with Crippen LogP contribution in [0.25, 0.3) is 0 Å². The summed E-state index contributed by atoms with van der Waals surface area (Å²) in [6, 6.07) is 9.11. The number of hydrogen-bond acceptors (Lipinski definition) is 6. The van der Waals surface area contributed by atoms with Crippen LogP contribution in [0.15, 0.2) is 52.3 Å². The van der Waals surface area contributed by atoms with E-state index in [4.69, 9.17) is 0 Å². The lowest BCUT2D eigenvalue weighted by molar-refractivity contribution is 0.216. The number of rotatable bonds is 7. The van der Waals surface area contributed by atoms with E-state index in [0.717, 1.165) is 37.0 Å². The van der Waals surface area contributed by atoms with Crippen LogP contribution in [0, 0.1) is 0 Å². The fourth-order valence-electron chi connectivity index (χ4n) is 2.77. The molecule has 10 heteroatoms. The fourth-order valence-corrected chi connectivity index (χ4v) is 4.00. The molecule has 0 spiro atoms. The highest BCUT2D eigenvalue weighted by molar-refractivity contribution is 7.86. The number of hydrogen-bond donors (Lipinski definition) is 3. The van der Waals surface area contributed by atoms with Crippen LogP contribution in [0.5, 0.6) is 0 Å². The van der Waals surface area contributed by atoms with E-state index in [1.54, 1.807) is 24.3 Å². The second-order valence-corrected chi connectivity index (χ2v) is 8.63. The predicted molar refractivity (Wildman–Crippen MR) is 100 cm³/mol. The van der Waals surface area contributed by atoms with Crippen LogP contribution >= 0.6 is 0 Å². The van der Waals surface area contributed by atoms with Crippen LogP contribution < -0.4 is 4.90 Å². The lowest BCUT2D eigenvalue weighted by atomic mass is 10.0. The highest BCUT2D eigenvalue weighted by Gasteiger charge is 2.25. The van der Waals surface area contributed by atoms with Crippen LogP contribution in [-0.2, 0) is 20.2 Å². The summed E-state index contributed by atoms with van der Waals surface area (Å²) in [4.78, 5) is 0.831. The topological polar surface area (TPSA) is 132 Å². The van der Waals surface area contributed by atoms with E-state index >= 15 is 0 Å². The molecule has 1 unspecified atom stereocenters. The van der Waals surface area contributed by atoms with Gasteiger partial charge in [-0.1, -0.05) is 12.1 Å². The maximum atomic E-state index is 11.6. The molecule has 3 N–H and O–H groups in total. The second-order valence-electron chi connectivity index (χ2n) is 5.82. The van der Waals surface area contributed by atoms with E-state index in [-0.39, 0.29) is 5.56 Å². The van der Waals surface area contributed by atoms with Crippen LogP contribution in [0.1, 0.15) is 31.1 Å². The smallest absolute Gasteiger partial charge is 0.294 e. The normalized spacial score (nSPS) is 13.4. The van der Waals surface area contributed by atoms with E-state index in [9.17, 15) is 31.0 Å². The van der Waals surface area contributed by atoms with Gasteiger partial charge in [0.2, 0.25) is 0 Å². The minimum atomic E-state index is -4.72. The molecule has 0 aliphatic rings. The molecule has 0 heterocycles. The third kappa shape index (κ3) is 4.85. The number of benzene rings is 2. The van der Waals surface area contributed by atoms with Gasteiger partial charge in [-0.2, -0.15) is 16.8 Å². The first-order chi connectivity index (χ1) is 12.5. The molecule has 0 amide bonds. The molecule has 148 valence electrons. The van der Waals surface area contributed by atoms with E-state index in [2.05, 4.69) is 4.90 Å². The van der Waals surface area contributed by atoms with Gasteiger partial charge in [0.25, 0.3) is 20.2 Å². The number of anilines is 1. The Balaban J connectivity index is 2.55. The Morgan fingerprint density at radius 3 is 1.89 bits per heavy atom. The molecule has 0 bridgehead atoms. The molecule has 1 atom stereocenters. The zero-order valence-corrected chi connectivity index (χ0v) is 16.4. The molecule has 0 saturated heterocycles. The van der Waals surface area contributed by atoms with Crippen molar-refractivity contribution in [3.63, 3.8) is 0 Å². The first-order valence-electron chi connectivity index (χ1n) is 8.11. The summed E-state index contributed by atoms with van der Waals surface area (Å²) in [5.74, 6) is 0. The molecule has 2 aromatic rings. The summed E-state index contributed by atoms with van der Waals surface area (Å²) >= 11 is 0. The molecular formula is C17H21NO7S2. The van der Waals surface area contributed by atoms with Gasteiger partial charge >= 0.3 is 0 Å². The van der Waals surface area contributed by atoms with Crippen molar-refractivity contribution in [1.29, 1.82) is 0 Å². The molecule has 0 fully saturated rings. The van der Waals surface area contributed by atoms with E-state index in [1.165, 1.54) is 0 Å². The Bertz CT molecular complexity index is 1010. The highest BCUT2D eigenvalue weighted by atomic mass is 32.2. The van der Waals surface area contributed by atoms with Crippen LogP contribution in [-0.4, -0.2) is 44.1 Å². The van der Waals surface area contributed by atoms with Crippen LogP contribution in [0.2, 0.25) is 0 Å². The van der Waals surface area contributed by atoms with Crippen molar-refractivity contribution in [1.82, 2.24) is 0 Å². The predicted octanol–water partition coefficient (Wildman–Crippen LogP) is 2.11. The molecule has 8 nitrogen and oxygen atoms in total. The lowest BCUT2D eigenvalue weighted by Gasteiger charge is -2.22. The largest absolute Gasteiger partial charge is 0.384 e. The molecular weight excluding hydrogens is 394 g/mol. The summed E-state index contributed by atoms with van der Waals surface area (Å²) in [6.07, 6.45) is -1.53. The van der Waals surface area contributed by atoms with Gasteiger partial charge in [-0.05, 0) is 49.7 Å². The van der Waals surface area contributed by atoms with Crippen molar-refractivity contribution >= 4 is 25.9 Å². The molecule has 0 aliphatic carbocycles. The van der Waals surface area contributed by atoms with Crippen molar-refractivity contribution in [2.24, 2.45) is 0 Å². The quantitative estimate of drug-likeness (QED) is 0.586. The molecule has 2 rings (SSSR count). The molecule has 0 saturated carbocycles. The molecule has 0 aliphatic heterocycles. The SMILES string of the molecule is CCN(CC)c1ccc(C(O)c2cc(S(=O)(=O)O)ccc2S(=O)(=O)O)cc1. The summed E-state index contributed by atoms with van der Waals surface area (Å²) in [6.45, 7) is 5.54. The van der Waals surface area contributed by atoms with Crippen molar-refractivity contribution in [2.75, 3.05) is 18.0 Å². The number of aliphatic hydroxyl groups excluding tert-OH is 1. The van der Waals surface area contributed by atoms with Gasteiger partial charge in [0, 0.05) is 24.3 Å². The van der Waals surface area contributed by atoms with E-state index in [0.29, 0.717) is 5.56 Å². The molecule has 0 radical (unpaired) electrons. The van der Waals surface area contributed by atoms with Gasteiger partial charge in [0.15, 0.2) is 0 Å². The summed E-state index contributed by atoms with van der Waals surface area (Å²) < 4.78 is 64.5. The average Bonchev–Trinajstić information content (AvgIpc) is 2.60. The number of aliphatic hydroxyl groups is 1. The highest BCUT2D eigenvalue weighted by Crippen LogP contribution is 2.31. The summed E-state index contributed by atoms with van der Waals surface area (Å²) in [7, 11) is -9.35. The Kier molecular flexibility index (Phi) is 6.28. The second kappa shape index (κ2) is 7.95. The molecule has 0 aromatic heterocycles. The van der Waals surface area contributed by atoms with Crippen molar-refractivity contribution in [3.8, 4) is 0 Å². The van der Waals surface area contributed by atoms with E-state index in [1.807, 2.05) is 13.8 Å². The first kappa shape index (κ1) is 21.3. The zero-order chi connectivity index (χ0) is 20.4. The lowest BCUT2D eigenvalue weighted by Crippen LogP contribution is -2.21. The Morgan fingerprint density at radius 2 is 1.44 bits per heavy atom. The van der Waals surface area contributed by atoms with Crippen molar-refractivity contribution in [2.45, 2.75) is 29.7 Å². The van der Waals surface area contributed by atoms with Gasteiger partial charge < -0.3 is 10.0 Å². The minimum Gasteiger partial charge on any atom is -0.384 e. The van der Waals surface area contributed by atoms with Crippen LogP contribution in [0.4, 0.5) is 5.69 Å². The maximum Gasteiger partial charge on any atom is 0.294 e. The number of nitrogens with zero attached hydrogens (tertiary/aromatic N) is 1. The Morgan fingerprint density at radius 1 is 0.889 bits per heavy atom. The van der Waals surface area contributed by atoms with Gasteiger partial charge in [0.1, 0.15) is 11.0 Å². The van der Waals surface area contributed by atoms with Gasteiger partial charge in [-0.25, -0.2) is 0 Å². The third-order valence-electron chi connectivity index (χ3n) is 4.19. The maximum absolute atomic E-state index is 11.6. The van der Waals surface area contributed by atoms with E-state index < -0.39 is 36.1 Å². The van der Waals surface area contributed by atoms with Gasteiger partial charge in [-0.15, -0.1) is 0 Å². The molecule has 27 heavy (non-hydrogen) atoms. The summed E-state index contributed by atoms with van der Waals surface area (Å²) in [5, 5.41) is 10.6. The standard InChI is InChI=1S/C17H21NO7S2/c1-3-18(4-2)13-7-5-12(6-8-13)17(19)15-11-14(26(20,21)22)9-10-16(15)27(23,24)25/h5-11,17,19H,3-4H2,1-2H3,(H,20,21,22)(H,23,24,25). The Hall–Kier alpha value is -1.98. The van der Waals surface area contributed by atoms with Gasteiger partial charge in [0.05, 0.1) is 4.90 Å². The monoisotopic (exact) mass is 415 g/mol. The van der Waals surface area contributed by atoms with Crippen molar-refractivity contribution < 1.29 is 31.0 Å². The van der Waals surface area contributed by atoms with Crippen LogP contribution in [0.3, 0.4) is 0 Å². The van der Waals surface area contributed by atoms with Crippen molar-refractivity contribution in [3.05, 3.63) is 53.6 Å². The zero-order valence-electron chi connectivity index (χ0n) is 14.8. The first-order valence-corrected chi connectivity index (χ1v) is 11.0. The Labute approximate surface area is 158 Å². The molecule has 2 aromatic carbocycles. The average molecular weight is 415 g/mol. The van der Waals surface area contributed by atoms with Gasteiger partial charge in [-0.3, -0.25) is 9.11 Å². The third-order valence-corrected chi connectivity index (χ3v) is 5.97. The fraction of sp³-hybridized carbons (Fsp3) is 0.294.